The standard InChI is InChI=1S/C17H25N3O/c1-3-21-17(10-6-7-11-17)16(18)12-14-13-8-4-5-9-15(13)20(2)19-14/h4-5,8-9,16H,3,6-7,10-12,18H2,1-2H3. The van der Waals surface area contributed by atoms with Crippen molar-refractivity contribution < 1.29 is 4.74 Å². The zero-order chi connectivity index (χ0) is 14.9. The third-order valence-corrected chi connectivity index (χ3v) is 4.81. The van der Waals surface area contributed by atoms with Gasteiger partial charge in [-0.1, -0.05) is 31.0 Å². The second-order valence-corrected chi connectivity index (χ2v) is 6.10. The van der Waals surface area contributed by atoms with Gasteiger partial charge in [-0.15, -0.1) is 0 Å². The minimum Gasteiger partial charge on any atom is -0.374 e. The number of aromatic nitrogens is 2. The Balaban J connectivity index is 1.87. The lowest BCUT2D eigenvalue weighted by Crippen LogP contribution is -2.49. The number of fused-ring (bicyclic) bond motifs is 1. The summed E-state index contributed by atoms with van der Waals surface area (Å²) in [6, 6.07) is 8.36. The Labute approximate surface area is 126 Å². The van der Waals surface area contributed by atoms with Crippen LogP contribution >= 0.6 is 0 Å². The van der Waals surface area contributed by atoms with Crippen LogP contribution in [0.4, 0.5) is 0 Å². The van der Waals surface area contributed by atoms with E-state index in [1.165, 1.54) is 18.2 Å². The van der Waals surface area contributed by atoms with Crippen molar-refractivity contribution in [3.8, 4) is 0 Å². The van der Waals surface area contributed by atoms with Gasteiger partial charge in [0.25, 0.3) is 0 Å². The lowest BCUT2D eigenvalue weighted by molar-refractivity contribution is -0.0526. The molecule has 0 aliphatic heterocycles. The Morgan fingerprint density at radius 2 is 2.05 bits per heavy atom. The lowest BCUT2D eigenvalue weighted by atomic mass is 9.89. The molecule has 1 saturated carbocycles. The molecular formula is C17H25N3O. The van der Waals surface area contributed by atoms with Gasteiger partial charge in [0.2, 0.25) is 0 Å². The zero-order valence-electron chi connectivity index (χ0n) is 13.0. The molecule has 4 nitrogen and oxygen atoms in total. The van der Waals surface area contributed by atoms with E-state index in [1.807, 2.05) is 17.8 Å². The van der Waals surface area contributed by atoms with E-state index < -0.39 is 0 Å². The average Bonchev–Trinajstić information content (AvgIpc) is 3.07. The van der Waals surface area contributed by atoms with E-state index in [0.717, 1.165) is 37.1 Å². The molecule has 4 heteroatoms. The fourth-order valence-electron chi connectivity index (χ4n) is 3.72. The Kier molecular flexibility index (Phi) is 4.00. The van der Waals surface area contributed by atoms with Crippen molar-refractivity contribution in [1.29, 1.82) is 0 Å². The van der Waals surface area contributed by atoms with E-state index in [9.17, 15) is 0 Å². The van der Waals surface area contributed by atoms with Crippen LogP contribution in [0.2, 0.25) is 0 Å². The van der Waals surface area contributed by atoms with Crippen molar-refractivity contribution in [1.82, 2.24) is 9.78 Å². The van der Waals surface area contributed by atoms with Crippen molar-refractivity contribution in [3.05, 3.63) is 30.0 Å². The minimum atomic E-state index is -0.145. The van der Waals surface area contributed by atoms with Crippen LogP contribution in [-0.4, -0.2) is 28.0 Å². The highest BCUT2D eigenvalue weighted by molar-refractivity contribution is 5.81. The van der Waals surface area contributed by atoms with Crippen molar-refractivity contribution in [2.24, 2.45) is 12.8 Å². The predicted molar refractivity (Wildman–Crippen MR) is 85.2 cm³/mol. The summed E-state index contributed by atoms with van der Waals surface area (Å²) in [5, 5.41) is 5.88. The Morgan fingerprint density at radius 3 is 2.76 bits per heavy atom. The molecule has 1 heterocycles. The molecule has 1 fully saturated rings. The number of benzene rings is 1. The molecule has 1 aromatic heterocycles. The second kappa shape index (κ2) is 5.78. The highest BCUT2D eigenvalue weighted by atomic mass is 16.5. The van der Waals surface area contributed by atoms with Gasteiger partial charge in [0, 0.05) is 31.5 Å². The maximum atomic E-state index is 6.56. The van der Waals surface area contributed by atoms with Gasteiger partial charge in [0.05, 0.1) is 16.8 Å². The van der Waals surface area contributed by atoms with Crippen LogP contribution in [0, 0.1) is 0 Å². The molecule has 2 N–H and O–H groups in total. The topological polar surface area (TPSA) is 53.1 Å². The van der Waals surface area contributed by atoms with E-state index in [-0.39, 0.29) is 11.6 Å². The van der Waals surface area contributed by atoms with E-state index in [1.54, 1.807) is 0 Å². The highest BCUT2D eigenvalue weighted by Crippen LogP contribution is 2.37. The van der Waals surface area contributed by atoms with E-state index in [4.69, 9.17) is 10.5 Å². The van der Waals surface area contributed by atoms with Crippen molar-refractivity contribution in [3.63, 3.8) is 0 Å². The average molecular weight is 287 g/mol. The molecular weight excluding hydrogens is 262 g/mol. The molecule has 0 spiro atoms. The van der Waals surface area contributed by atoms with Crippen molar-refractivity contribution in [2.45, 2.75) is 50.7 Å². The number of hydrogen-bond donors (Lipinski definition) is 1. The lowest BCUT2D eigenvalue weighted by Gasteiger charge is -2.34. The summed E-state index contributed by atoms with van der Waals surface area (Å²) in [5.74, 6) is 0. The minimum absolute atomic E-state index is 0.0123. The number of rotatable bonds is 5. The number of aryl methyl sites for hydroxylation is 1. The number of para-hydroxylation sites is 1. The summed E-state index contributed by atoms with van der Waals surface area (Å²) in [6.45, 7) is 2.79. The second-order valence-electron chi connectivity index (χ2n) is 6.10. The molecule has 114 valence electrons. The third kappa shape index (κ3) is 2.58. The van der Waals surface area contributed by atoms with E-state index in [2.05, 4.69) is 30.2 Å². The molecule has 21 heavy (non-hydrogen) atoms. The van der Waals surface area contributed by atoms with Crippen LogP contribution in [0.1, 0.15) is 38.3 Å². The SMILES string of the molecule is CCOC1(C(N)Cc2nn(C)c3ccccc23)CCCC1. The molecule has 2 aromatic rings. The predicted octanol–water partition coefficient (Wildman–Crippen LogP) is 2.79. The summed E-state index contributed by atoms with van der Waals surface area (Å²) in [4.78, 5) is 0. The quantitative estimate of drug-likeness (QED) is 0.920. The van der Waals surface area contributed by atoms with Gasteiger partial charge >= 0.3 is 0 Å². The van der Waals surface area contributed by atoms with Crippen LogP contribution in [0.25, 0.3) is 10.9 Å². The Bertz CT molecular complexity index is 614. The van der Waals surface area contributed by atoms with E-state index >= 15 is 0 Å². The maximum absolute atomic E-state index is 6.56. The largest absolute Gasteiger partial charge is 0.374 e. The molecule has 1 atom stereocenters. The summed E-state index contributed by atoms with van der Waals surface area (Å²) >= 11 is 0. The van der Waals surface area contributed by atoms with Gasteiger partial charge in [-0.3, -0.25) is 4.68 Å². The molecule has 1 aromatic carbocycles. The summed E-state index contributed by atoms with van der Waals surface area (Å²) < 4.78 is 8.03. The molecule has 1 aliphatic carbocycles. The fraction of sp³-hybridized carbons (Fsp3) is 0.588. The summed E-state index contributed by atoms with van der Waals surface area (Å²) in [7, 11) is 1.99. The van der Waals surface area contributed by atoms with Gasteiger partial charge < -0.3 is 10.5 Å². The van der Waals surface area contributed by atoms with E-state index in [0.29, 0.717) is 0 Å². The number of nitrogens with zero attached hydrogens (tertiary/aromatic N) is 2. The maximum Gasteiger partial charge on any atom is 0.0836 e. The van der Waals surface area contributed by atoms with Crippen molar-refractivity contribution >= 4 is 10.9 Å². The van der Waals surface area contributed by atoms with Gasteiger partial charge in [-0.25, -0.2) is 0 Å². The molecule has 1 aliphatic rings. The van der Waals surface area contributed by atoms with Gasteiger partial charge in [0.15, 0.2) is 0 Å². The Hall–Kier alpha value is -1.39. The fourth-order valence-corrected chi connectivity index (χ4v) is 3.72. The summed E-state index contributed by atoms with van der Waals surface area (Å²) in [6.07, 6.45) is 5.37. The zero-order valence-corrected chi connectivity index (χ0v) is 13.0. The van der Waals surface area contributed by atoms with Crippen molar-refractivity contribution in [2.75, 3.05) is 6.61 Å². The number of nitrogens with two attached hydrogens (primary N) is 1. The van der Waals surface area contributed by atoms with Crippen LogP contribution < -0.4 is 5.73 Å². The van der Waals surface area contributed by atoms with Crippen LogP contribution in [0.5, 0.6) is 0 Å². The van der Waals surface area contributed by atoms with Gasteiger partial charge in [-0.2, -0.15) is 5.10 Å². The molecule has 3 rings (SSSR count). The first-order valence-corrected chi connectivity index (χ1v) is 7.96. The first-order chi connectivity index (χ1) is 10.2. The monoisotopic (exact) mass is 287 g/mol. The highest BCUT2D eigenvalue weighted by Gasteiger charge is 2.40. The smallest absolute Gasteiger partial charge is 0.0836 e. The van der Waals surface area contributed by atoms with Crippen LogP contribution in [0.3, 0.4) is 0 Å². The molecule has 0 amide bonds. The van der Waals surface area contributed by atoms with Crippen LogP contribution in [0.15, 0.2) is 24.3 Å². The van der Waals surface area contributed by atoms with Crippen LogP contribution in [-0.2, 0) is 18.2 Å². The normalized spacial score (nSPS) is 19.2. The Morgan fingerprint density at radius 1 is 1.33 bits per heavy atom. The third-order valence-electron chi connectivity index (χ3n) is 4.81. The molecule has 0 radical (unpaired) electrons. The first-order valence-electron chi connectivity index (χ1n) is 7.96. The molecule has 0 bridgehead atoms. The molecule has 1 unspecified atom stereocenters. The van der Waals surface area contributed by atoms with Gasteiger partial charge in [-0.05, 0) is 25.8 Å². The number of hydrogen-bond acceptors (Lipinski definition) is 3. The molecule has 0 saturated heterocycles. The summed E-state index contributed by atoms with van der Waals surface area (Å²) in [5.41, 5.74) is 8.67. The number of ether oxygens (including phenoxy) is 1. The first kappa shape index (κ1) is 14.5. The van der Waals surface area contributed by atoms with Gasteiger partial charge in [0.1, 0.15) is 0 Å².